The summed E-state index contributed by atoms with van der Waals surface area (Å²) in [6.07, 6.45) is 0.136. The van der Waals surface area contributed by atoms with Gasteiger partial charge >= 0.3 is 0 Å². The first-order chi connectivity index (χ1) is 9.11. The molecule has 0 aliphatic heterocycles. The van der Waals surface area contributed by atoms with Gasteiger partial charge in [-0.1, -0.05) is 34.1 Å². The molecule has 2 aromatic rings. The lowest BCUT2D eigenvalue weighted by Gasteiger charge is -2.08. The van der Waals surface area contributed by atoms with Crippen LogP contribution in [0.3, 0.4) is 0 Å². The zero-order chi connectivity index (χ0) is 13.8. The lowest BCUT2D eigenvalue weighted by atomic mass is 10.0. The minimum Gasteiger partial charge on any atom is -0.496 e. The molecule has 0 unspecified atom stereocenters. The molecule has 98 valence electrons. The molecule has 2 rings (SSSR count). The largest absolute Gasteiger partial charge is 0.496 e. The van der Waals surface area contributed by atoms with Crippen molar-refractivity contribution in [2.45, 2.75) is 6.42 Å². The first-order valence-electron chi connectivity index (χ1n) is 5.72. The minimum atomic E-state index is -0.556. The highest BCUT2D eigenvalue weighted by Gasteiger charge is 2.17. The van der Waals surface area contributed by atoms with E-state index >= 15 is 0 Å². The molecule has 0 atom stereocenters. The average molecular weight is 323 g/mol. The van der Waals surface area contributed by atoms with Gasteiger partial charge in [0.05, 0.1) is 12.7 Å². The van der Waals surface area contributed by atoms with Crippen LogP contribution in [-0.4, -0.2) is 12.9 Å². The monoisotopic (exact) mass is 322 g/mol. The van der Waals surface area contributed by atoms with Crippen LogP contribution in [-0.2, 0) is 6.42 Å². The maximum atomic E-state index is 13.8. The van der Waals surface area contributed by atoms with Gasteiger partial charge in [-0.25, -0.2) is 4.39 Å². The first kappa shape index (κ1) is 13.7. The lowest BCUT2D eigenvalue weighted by molar-refractivity contribution is 0.0986. The van der Waals surface area contributed by atoms with Crippen LogP contribution in [0.2, 0.25) is 0 Å². The van der Waals surface area contributed by atoms with Gasteiger partial charge in [0.15, 0.2) is 5.78 Å². The highest BCUT2D eigenvalue weighted by molar-refractivity contribution is 9.10. The van der Waals surface area contributed by atoms with Gasteiger partial charge in [-0.05, 0) is 29.8 Å². The van der Waals surface area contributed by atoms with E-state index in [1.165, 1.54) is 19.2 Å². The van der Waals surface area contributed by atoms with Gasteiger partial charge in [-0.3, -0.25) is 4.79 Å². The van der Waals surface area contributed by atoms with Crippen molar-refractivity contribution in [3.63, 3.8) is 0 Å². The number of hydrogen-bond acceptors (Lipinski definition) is 2. The maximum Gasteiger partial charge on any atom is 0.173 e. The fourth-order valence-corrected chi connectivity index (χ4v) is 2.31. The van der Waals surface area contributed by atoms with Gasteiger partial charge in [-0.15, -0.1) is 0 Å². The van der Waals surface area contributed by atoms with Crippen LogP contribution >= 0.6 is 15.9 Å². The number of benzene rings is 2. The summed E-state index contributed by atoms with van der Waals surface area (Å²) in [6, 6.07) is 11.7. The summed E-state index contributed by atoms with van der Waals surface area (Å²) in [5.74, 6) is -0.590. The molecule has 0 fully saturated rings. The Bertz CT molecular complexity index is 611. The van der Waals surface area contributed by atoms with Crippen molar-refractivity contribution >= 4 is 21.7 Å². The molecule has 0 aliphatic carbocycles. The second kappa shape index (κ2) is 5.97. The van der Waals surface area contributed by atoms with Crippen molar-refractivity contribution in [1.29, 1.82) is 0 Å². The molecule has 0 heterocycles. The molecule has 0 saturated heterocycles. The van der Waals surface area contributed by atoms with Gasteiger partial charge in [0.25, 0.3) is 0 Å². The molecule has 2 aromatic carbocycles. The fourth-order valence-electron chi connectivity index (χ4n) is 1.87. The lowest BCUT2D eigenvalue weighted by Crippen LogP contribution is -2.08. The minimum absolute atomic E-state index is 0.00461. The molecule has 0 N–H and O–H groups in total. The van der Waals surface area contributed by atoms with Gasteiger partial charge < -0.3 is 4.74 Å². The quantitative estimate of drug-likeness (QED) is 0.795. The molecule has 0 aliphatic rings. The zero-order valence-electron chi connectivity index (χ0n) is 10.3. The van der Waals surface area contributed by atoms with Crippen LogP contribution in [0.4, 0.5) is 4.39 Å². The number of ketones is 1. The van der Waals surface area contributed by atoms with Crippen molar-refractivity contribution in [3.8, 4) is 5.75 Å². The molecule has 4 heteroatoms. The molecule has 0 radical (unpaired) electrons. The standard InChI is InChI=1S/C15H12BrFO2/c1-19-14-7-3-6-12(17)15(14)13(18)9-10-4-2-5-11(16)8-10/h2-8H,9H2,1H3. The van der Waals surface area contributed by atoms with Gasteiger partial charge in [0.2, 0.25) is 0 Å². The number of rotatable bonds is 4. The molecule has 0 spiro atoms. The molecule has 0 aromatic heterocycles. The zero-order valence-corrected chi connectivity index (χ0v) is 11.9. The number of hydrogen-bond donors (Lipinski definition) is 0. The topological polar surface area (TPSA) is 26.3 Å². The third-order valence-electron chi connectivity index (χ3n) is 2.73. The normalized spacial score (nSPS) is 10.3. The smallest absolute Gasteiger partial charge is 0.173 e. The van der Waals surface area contributed by atoms with Crippen molar-refractivity contribution in [1.82, 2.24) is 0 Å². The molecule has 0 amide bonds. The van der Waals surface area contributed by atoms with Crippen LogP contribution in [0.25, 0.3) is 0 Å². The predicted octanol–water partition coefficient (Wildman–Crippen LogP) is 4.02. The van der Waals surface area contributed by atoms with Crippen molar-refractivity contribution in [2.75, 3.05) is 7.11 Å². The Morgan fingerprint density at radius 3 is 2.68 bits per heavy atom. The first-order valence-corrected chi connectivity index (χ1v) is 6.51. The third kappa shape index (κ3) is 3.20. The highest BCUT2D eigenvalue weighted by Crippen LogP contribution is 2.23. The number of Topliss-reactive ketones (excluding diaryl/α,β-unsaturated/α-hetero) is 1. The van der Waals surface area contributed by atoms with E-state index in [-0.39, 0.29) is 23.5 Å². The Balaban J connectivity index is 2.30. The molecule has 2 nitrogen and oxygen atoms in total. The van der Waals surface area contributed by atoms with Crippen LogP contribution in [0.1, 0.15) is 15.9 Å². The van der Waals surface area contributed by atoms with Crippen LogP contribution in [0, 0.1) is 5.82 Å². The van der Waals surface area contributed by atoms with E-state index in [0.717, 1.165) is 10.0 Å². The van der Waals surface area contributed by atoms with E-state index in [2.05, 4.69) is 15.9 Å². The molecule has 0 bridgehead atoms. The molecule has 0 saturated carbocycles. The Kier molecular flexibility index (Phi) is 4.32. The summed E-state index contributed by atoms with van der Waals surface area (Å²) in [5.41, 5.74) is 0.828. The molecular weight excluding hydrogens is 311 g/mol. The fraction of sp³-hybridized carbons (Fsp3) is 0.133. The van der Waals surface area contributed by atoms with Gasteiger partial charge in [0, 0.05) is 10.9 Å². The van der Waals surface area contributed by atoms with Gasteiger partial charge in [-0.2, -0.15) is 0 Å². The molecular formula is C15H12BrFO2. The SMILES string of the molecule is COc1cccc(F)c1C(=O)Cc1cccc(Br)c1. The second-order valence-electron chi connectivity index (χ2n) is 4.05. The summed E-state index contributed by atoms with van der Waals surface area (Å²) in [7, 11) is 1.42. The Hall–Kier alpha value is -1.68. The van der Waals surface area contributed by atoms with E-state index in [1.807, 2.05) is 24.3 Å². The van der Waals surface area contributed by atoms with E-state index in [4.69, 9.17) is 4.74 Å². The summed E-state index contributed by atoms with van der Waals surface area (Å²) >= 11 is 3.34. The third-order valence-corrected chi connectivity index (χ3v) is 3.22. The number of methoxy groups -OCH3 is 1. The van der Waals surface area contributed by atoms with E-state index in [9.17, 15) is 9.18 Å². The molecule has 19 heavy (non-hydrogen) atoms. The number of carbonyl (C=O) groups excluding carboxylic acids is 1. The predicted molar refractivity (Wildman–Crippen MR) is 75.1 cm³/mol. The Labute approximate surface area is 119 Å². The summed E-state index contributed by atoms with van der Waals surface area (Å²) < 4.78 is 19.7. The van der Waals surface area contributed by atoms with Crippen LogP contribution in [0.5, 0.6) is 5.75 Å². The van der Waals surface area contributed by atoms with Crippen molar-refractivity contribution < 1.29 is 13.9 Å². The van der Waals surface area contributed by atoms with Crippen LogP contribution in [0.15, 0.2) is 46.9 Å². The number of carbonyl (C=O) groups is 1. The maximum absolute atomic E-state index is 13.8. The van der Waals surface area contributed by atoms with E-state index in [1.54, 1.807) is 6.07 Å². The average Bonchev–Trinajstić information content (AvgIpc) is 2.38. The van der Waals surface area contributed by atoms with Gasteiger partial charge in [0.1, 0.15) is 11.6 Å². The van der Waals surface area contributed by atoms with Crippen molar-refractivity contribution in [2.24, 2.45) is 0 Å². The van der Waals surface area contributed by atoms with E-state index in [0.29, 0.717) is 0 Å². The van der Waals surface area contributed by atoms with Crippen LogP contribution < -0.4 is 4.74 Å². The van der Waals surface area contributed by atoms with E-state index < -0.39 is 5.82 Å². The highest BCUT2D eigenvalue weighted by atomic mass is 79.9. The summed E-state index contributed by atoms with van der Waals surface area (Å²) in [5, 5.41) is 0. The van der Waals surface area contributed by atoms with Crippen molar-refractivity contribution in [3.05, 3.63) is 63.9 Å². The number of halogens is 2. The summed E-state index contributed by atoms with van der Waals surface area (Å²) in [6.45, 7) is 0. The second-order valence-corrected chi connectivity index (χ2v) is 4.96. The summed E-state index contributed by atoms with van der Waals surface area (Å²) in [4.78, 5) is 12.2. The Morgan fingerprint density at radius 1 is 1.26 bits per heavy atom. The number of ether oxygens (including phenoxy) is 1. The Morgan fingerprint density at radius 2 is 2.00 bits per heavy atom.